The molecule has 0 fully saturated rings. The van der Waals surface area contributed by atoms with Gasteiger partial charge >= 0.3 is 0 Å². The van der Waals surface area contributed by atoms with Crippen molar-refractivity contribution < 1.29 is 0 Å². The highest BCUT2D eigenvalue weighted by Crippen LogP contribution is 2.33. The third-order valence-electron chi connectivity index (χ3n) is 3.47. The molecule has 1 heteroatoms. The van der Waals surface area contributed by atoms with Crippen LogP contribution in [-0.4, -0.2) is 6.21 Å². The molecular formula is C16H15N. The molecule has 0 bridgehead atoms. The molecule has 1 aliphatic heterocycles. The van der Waals surface area contributed by atoms with Crippen LogP contribution in [0.15, 0.2) is 59.6 Å². The number of fused-ring (bicyclic) bond motifs is 1. The first-order valence-electron chi connectivity index (χ1n) is 5.97. The van der Waals surface area contributed by atoms with E-state index in [2.05, 4.69) is 55.5 Å². The van der Waals surface area contributed by atoms with Crippen molar-refractivity contribution in [2.45, 2.75) is 18.9 Å². The lowest BCUT2D eigenvalue weighted by Gasteiger charge is -2.30. The number of hydrogen-bond donors (Lipinski definition) is 0. The minimum atomic E-state index is -0.115. The normalized spacial score (nSPS) is 22.2. The van der Waals surface area contributed by atoms with Gasteiger partial charge in [-0.05, 0) is 23.6 Å². The van der Waals surface area contributed by atoms with Crippen LogP contribution in [-0.2, 0) is 12.0 Å². The quantitative estimate of drug-likeness (QED) is 0.698. The molecule has 2 aromatic carbocycles. The maximum Gasteiger partial charge on any atom is 0.0869 e. The van der Waals surface area contributed by atoms with E-state index in [0.717, 1.165) is 6.42 Å². The highest BCUT2D eigenvalue weighted by atomic mass is 14.9. The summed E-state index contributed by atoms with van der Waals surface area (Å²) in [5.74, 6) is 0. The highest BCUT2D eigenvalue weighted by molar-refractivity contribution is 5.83. The summed E-state index contributed by atoms with van der Waals surface area (Å²) in [6.07, 6.45) is 2.98. The van der Waals surface area contributed by atoms with Gasteiger partial charge in [-0.15, -0.1) is 0 Å². The van der Waals surface area contributed by atoms with E-state index in [1.54, 1.807) is 0 Å². The first-order chi connectivity index (χ1) is 8.28. The molecule has 0 saturated carbocycles. The fraction of sp³-hybridized carbons (Fsp3) is 0.188. The Morgan fingerprint density at radius 3 is 2.47 bits per heavy atom. The Balaban J connectivity index is 2.04. The molecule has 1 nitrogen and oxygen atoms in total. The van der Waals surface area contributed by atoms with Crippen LogP contribution >= 0.6 is 0 Å². The van der Waals surface area contributed by atoms with E-state index in [9.17, 15) is 0 Å². The van der Waals surface area contributed by atoms with E-state index in [1.165, 1.54) is 16.7 Å². The van der Waals surface area contributed by atoms with Crippen LogP contribution in [0.25, 0.3) is 0 Å². The summed E-state index contributed by atoms with van der Waals surface area (Å²) < 4.78 is 0. The molecule has 0 amide bonds. The van der Waals surface area contributed by atoms with E-state index in [4.69, 9.17) is 4.99 Å². The van der Waals surface area contributed by atoms with Crippen molar-refractivity contribution in [2.75, 3.05) is 0 Å². The molecule has 84 valence electrons. The molecule has 1 heterocycles. The standard InChI is InChI=1S/C16H15N/c1-16(15-9-3-2-4-10-15)11-13-7-5-6-8-14(13)12-17-16/h2-10,12H,11H2,1H3. The summed E-state index contributed by atoms with van der Waals surface area (Å²) >= 11 is 0. The fourth-order valence-electron chi connectivity index (χ4n) is 2.42. The summed E-state index contributed by atoms with van der Waals surface area (Å²) in [5.41, 5.74) is 3.80. The molecule has 0 N–H and O–H groups in total. The SMILES string of the molecule is CC1(c2ccccc2)Cc2ccccc2C=N1. The Morgan fingerprint density at radius 2 is 1.65 bits per heavy atom. The van der Waals surface area contributed by atoms with Gasteiger partial charge in [-0.2, -0.15) is 0 Å². The van der Waals surface area contributed by atoms with Crippen LogP contribution in [0, 0.1) is 0 Å². The molecule has 0 aliphatic carbocycles. The topological polar surface area (TPSA) is 12.4 Å². The second-order valence-electron chi connectivity index (χ2n) is 4.77. The Bertz CT molecular complexity index is 557. The predicted octanol–water partition coefficient (Wildman–Crippen LogP) is 3.58. The first-order valence-corrected chi connectivity index (χ1v) is 5.97. The molecule has 3 rings (SSSR count). The van der Waals surface area contributed by atoms with Crippen molar-refractivity contribution in [3.63, 3.8) is 0 Å². The van der Waals surface area contributed by atoms with Crippen molar-refractivity contribution in [2.24, 2.45) is 4.99 Å². The van der Waals surface area contributed by atoms with Crippen molar-refractivity contribution in [3.8, 4) is 0 Å². The van der Waals surface area contributed by atoms with Gasteiger partial charge in [0.1, 0.15) is 0 Å². The Hall–Kier alpha value is -1.89. The zero-order chi connectivity index (χ0) is 11.7. The molecule has 0 aromatic heterocycles. The summed E-state index contributed by atoms with van der Waals surface area (Å²) in [4.78, 5) is 4.75. The van der Waals surface area contributed by atoms with Gasteiger partial charge in [0, 0.05) is 12.6 Å². The van der Waals surface area contributed by atoms with Crippen LogP contribution in [0.1, 0.15) is 23.6 Å². The van der Waals surface area contributed by atoms with Crippen LogP contribution in [0.3, 0.4) is 0 Å². The largest absolute Gasteiger partial charge is 0.281 e. The first kappa shape index (κ1) is 10.3. The Labute approximate surface area is 102 Å². The van der Waals surface area contributed by atoms with Crippen molar-refractivity contribution in [1.29, 1.82) is 0 Å². The van der Waals surface area contributed by atoms with E-state index < -0.39 is 0 Å². The molecule has 1 unspecified atom stereocenters. The molecule has 1 aliphatic rings. The zero-order valence-corrected chi connectivity index (χ0v) is 9.93. The maximum atomic E-state index is 4.75. The van der Waals surface area contributed by atoms with Crippen LogP contribution in [0.5, 0.6) is 0 Å². The minimum absolute atomic E-state index is 0.115. The molecule has 1 atom stereocenters. The summed E-state index contributed by atoms with van der Waals surface area (Å²) in [6.45, 7) is 2.20. The third kappa shape index (κ3) is 1.78. The lowest BCUT2D eigenvalue weighted by atomic mass is 9.83. The molecule has 0 radical (unpaired) electrons. The maximum absolute atomic E-state index is 4.75. The molecule has 2 aromatic rings. The predicted molar refractivity (Wildman–Crippen MR) is 71.5 cm³/mol. The molecular weight excluding hydrogens is 206 g/mol. The lowest BCUT2D eigenvalue weighted by Crippen LogP contribution is -2.26. The van der Waals surface area contributed by atoms with E-state index in [0.29, 0.717) is 0 Å². The number of benzene rings is 2. The second-order valence-corrected chi connectivity index (χ2v) is 4.77. The van der Waals surface area contributed by atoms with Gasteiger partial charge in [-0.1, -0.05) is 54.6 Å². The van der Waals surface area contributed by atoms with Gasteiger partial charge in [-0.25, -0.2) is 0 Å². The van der Waals surface area contributed by atoms with Gasteiger partial charge in [-0.3, -0.25) is 4.99 Å². The second kappa shape index (κ2) is 3.85. The van der Waals surface area contributed by atoms with Crippen LogP contribution in [0.4, 0.5) is 0 Å². The van der Waals surface area contributed by atoms with Gasteiger partial charge in [0.15, 0.2) is 0 Å². The van der Waals surface area contributed by atoms with Crippen molar-refractivity contribution in [3.05, 3.63) is 71.3 Å². The number of aliphatic imine (C=N–C) groups is 1. The van der Waals surface area contributed by atoms with Crippen molar-refractivity contribution in [1.82, 2.24) is 0 Å². The summed E-state index contributed by atoms with van der Waals surface area (Å²) in [6, 6.07) is 19.0. The highest BCUT2D eigenvalue weighted by Gasteiger charge is 2.28. The van der Waals surface area contributed by atoms with Gasteiger partial charge in [0.05, 0.1) is 5.54 Å². The zero-order valence-electron chi connectivity index (χ0n) is 9.93. The summed E-state index contributed by atoms with van der Waals surface area (Å²) in [5, 5.41) is 0. The van der Waals surface area contributed by atoms with Gasteiger partial charge in [0.25, 0.3) is 0 Å². The summed E-state index contributed by atoms with van der Waals surface area (Å²) in [7, 11) is 0. The van der Waals surface area contributed by atoms with Crippen LogP contribution < -0.4 is 0 Å². The molecule has 0 saturated heterocycles. The molecule has 17 heavy (non-hydrogen) atoms. The monoisotopic (exact) mass is 221 g/mol. The van der Waals surface area contributed by atoms with Crippen molar-refractivity contribution >= 4 is 6.21 Å². The minimum Gasteiger partial charge on any atom is -0.281 e. The van der Waals surface area contributed by atoms with Gasteiger partial charge in [0.2, 0.25) is 0 Å². The van der Waals surface area contributed by atoms with E-state index in [1.807, 2.05) is 12.3 Å². The third-order valence-corrected chi connectivity index (χ3v) is 3.47. The van der Waals surface area contributed by atoms with E-state index >= 15 is 0 Å². The average Bonchev–Trinajstić information content (AvgIpc) is 2.40. The van der Waals surface area contributed by atoms with Gasteiger partial charge < -0.3 is 0 Å². The fourth-order valence-corrected chi connectivity index (χ4v) is 2.42. The Kier molecular flexibility index (Phi) is 2.32. The lowest BCUT2D eigenvalue weighted by molar-refractivity contribution is 0.491. The van der Waals surface area contributed by atoms with Crippen LogP contribution in [0.2, 0.25) is 0 Å². The van der Waals surface area contributed by atoms with E-state index in [-0.39, 0.29) is 5.54 Å². The number of rotatable bonds is 1. The number of nitrogens with zero attached hydrogens (tertiary/aromatic N) is 1. The Morgan fingerprint density at radius 1 is 0.941 bits per heavy atom. The average molecular weight is 221 g/mol. The molecule has 0 spiro atoms. The number of hydrogen-bond acceptors (Lipinski definition) is 1. The smallest absolute Gasteiger partial charge is 0.0869 e.